The lowest BCUT2D eigenvalue weighted by Crippen LogP contribution is -2.25. The Morgan fingerprint density at radius 2 is 2.12 bits per heavy atom. The summed E-state index contributed by atoms with van der Waals surface area (Å²) < 4.78 is 6.31. The van der Waals surface area contributed by atoms with Crippen LogP contribution in [0.1, 0.15) is 12.6 Å². The van der Waals surface area contributed by atoms with Gasteiger partial charge in [-0.25, -0.2) is 4.98 Å². The molecule has 1 unspecified atom stereocenters. The molecule has 3 rings (SSSR count). The van der Waals surface area contributed by atoms with Crippen molar-refractivity contribution in [3.63, 3.8) is 0 Å². The van der Waals surface area contributed by atoms with Crippen molar-refractivity contribution in [1.29, 1.82) is 0 Å². The van der Waals surface area contributed by atoms with Crippen LogP contribution >= 0.6 is 35.1 Å². The predicted octanol–water partition coefficient (Wildman–Crippen LogP) is 3.19. The van der Waals surface area contributed by atoms with Crippen LogP contribution in [0, 0.1) is 0 Å². The summed E-state index contributed by atoms with van der Waals surface area (Å²) in [6.45, 7) is 1.73. The number of carbonyl (C=O) groups excluding carboxylic acids is 1. The summed E-state index contributed by atoms with van der Waals surface area (Å²) in [6, 6.07) is 6.98. The van der Waals surface area contributed by atoms with Gasteiger partial charge in [0.15, 0.2) is 5.16 Å². The Morgan fingerprint density at radius 1 is 1.42 bits per heavy atom. The first kappa shape index (κ1) is 17.4. The average Bonchev–Trinajstić information content (AvgIpc) is 3.04. The van der Waals surface area contributed by atoms with Crippen molar-refractivity contribution in [2.75, 3.05) is 12.9 Å². The largest absolute Gasteiger partial charge is 0.468 e. The van der Waals surface area contributed by atoms with Crippen LogP contribution in [0.15, 0.2) is 39.1 Å². The standard InChI is InChI=1S/C16H15ClN2O3S2/c1-9(15(21)22-2)24-16-18-12-7-8-23-13(12)14(20)19(16)11-5-3-10(17)4-6-11/h3-6,9H,7-8H2,1-2H3. The SMILES string of the molecule is COC(=O)C(C)Sc1nc2c(c(=O)n1-c1ccc(Cl)cc1)SCC2. The molecule has 0 amide bonds. The van der Waals surface area contributed by atoms with Crippen molar-refractivity contribution < 1.29 is 9.53 Å². The Hall–Kier alpha value is -1.44. The van der Waals surface area contributed by atoms with Crippen LogP contribution < -0.4 is 5.56 Å². The summed E-state index contributed by atoms with van der Waals surface area (Å²) in [4.78, 5) is 30.0. The van der Waals surface area contributed by atoms with Gasteiger partial charge in [0.25, 0.3) is 5.56 Å². The van der Waals surface area contributed by atoms with Gasteiger partial charge in [-0.1, -0.05) is 23.4 Å². The molecule has 1 aromatic heterocycles. The molecule has 8 heteroatoms. The second-order valence-corrected chi connectivity index (χ2v) is 8.02. The molecule has 1 aliphatic heterocycles. The molecular formula is C16H15ClN2O3S2. The number of aryl methyl sites for hydroxylation is 1. The van der Waals surface area contributed by atoms with Gasteiger partial charge in [0, 0.05) is 17.2 Å². The molecule has 0 bridgehead atoms. The van der Waals surface area contributed by atoms with E-state index >= 15 is 0 Å². The molecule has 0 radical (unpaired) electrons. The minimum atomic E-state index is -0.465. The van der Waals surface area contributed by atoms with E-state index in [0.29, 0.717) is 20.8 Å². The van der Waals surface area contributed by atoms with Gasteiger partial charge < -0.3 is 4.74 Å². The first-order chi connectivity index (χ1) is 11.5. The Bertz CT molecular complexity index is 836. The van der Waals surface area contributed by atoms with Crippen LogP contribution in [0.25, 0.3) is 5.69 Å². The van der Waals surface area contributed by atoms with E-state index in [1.54, 1.807) is 31.2 Å². The van der Waals surface area contributed by atoms with Crippen molar-refractivity contribution in [3.8, 4) is 5.69 Å². The molecule has 0 saturated carbocycles. The fraction of sp³-hybridized carbons (Fsp3) is 0.312. The van der Waals surface area contributed by atoms with Gasteiger partial charge in [-0.2, -0.15) is 0 Å². The third-order valence-electron chi connectivity index (χ3n) is 3.57. The highest BCUT2D eigenvalue weighted by Crippen LogP contribution is 2.31. The normalized spacial score (nSPS) is 14.3. The van der Waals surface area contributed by atoms with E-state index in [1.165, 1.54) is 35.2 Å². The number of carbonyl (C=O) groups is 1. The summed E-state index contributed by atoms with van der Waals surface area (Å²) in [7, 11) is 1.35. The molecule has 126 valence electrons. The van der Waals surface area contributed by atoms with E-state index in [1.807, 2.05) is 0 Å². The van der Waals surface area contributed by atoms with E-state index in [0.717, 1.165) is 17.9 Å². The van der Waals surface area contributed by atoms with E-state index in [-0.39, 0.29) is 11.5 Å². The van der Waals surface area contributed by atoms with E-state index in [2.05, 4.69) is 4.98 Å². The van der Waals surface area contributed by atoms with Gasteiger partial charge in [0.2, 0.25) is 0 Å². The third-order valence-corrected chi connectivity index (χ3v) is 5.96. The zero-order valence-corrected chi connectivity index (χ0v) is 15.5. The summed E-state index contributed by atoms with van der Waals surface area (Å²) in [6.07, 6.45) is 0.761. The van der Waals surface area contributed by atoms with Crippen molar-refractivity contribution >= 4 is 41.1 Å². The summed E-state index contributed by atoms with van der Waals surface area (Å²) >= 11 is 8.68. The molecule has 1 aliphatic rings. The van der Waals surface area contributed by atoms with Gasteiger partial charge >= 0.3 is 5.97 Å². The minimum Gasteiger partial charge on any atom is -0.468 e. The molecule has 2 aromatic rings. The molecule has 5 nitrogen and oxygen atoms in total. The van der Waals surface area contributed by atoms with E-state index < -0.39 is 5.25 Å². The number of aromatic nitrogens is 2. The number of fused-ring (bicyclic) bond motifs is 1. The topological polar surface area (TPSA) is 61.2 Å². The third kappa shape index (κ3) is 3.34. The first-order valence-electron chi connectivity index (χ1n) is 7.30. The van der Waals surface area contributed by atoms with Crippen LogP contribution in [0.5, 0.6) is 0 Å². The molecular weight excluding hydrogens is 368 g/mol. The summed E-state index contributed by atoms with van der Waals surface area (Å²) in [5.41, 5.74) is 1.37. The Kier molecular flexibility index (Phi) is 5.22. The molecule has 0 spiro atoms. The second-order valence-electron chi connectivity index (χ2n) is 5.17. The zero-order chi connectivity index (χ0) is 17.3. The van der Waals surface area contributed by atoms with Crippen LogP contribution in [-0.4, -0.2) is 33.6 Å². The van der Waals surface area contributed by atoms with Gasteiger partial charge in [0.05, 0.1) is 23.4 Å². The molecule has 0 saturated heterocycles. The lowest BCUT2D eigenvalue weighted by molar-refractivity contribution is -0.139. The molecule has 0 fully saturated rings. The fourth-order valence-corrected chi connectivity index (χ4v) is 4.48. The number of esters is 1. The van der Waals surface area contributed by atoms with Gasteiger partial charge in [-0.05, 0) is 31.2 Å². The van der Waals surface area contributed by atoms with Crippen LogP contribution in [-0.2, 0) is 16.0 Å². The number of thioether (sulfide) groups is 2. The second kappa shape index (κ2) is 7.21. The molecule has 0 aliphatic carbocycles. The van der Waals surface area contributed by atoms with Crippen LogP contribution in [0.3, 0.4) is 0 Å². The van der Waals surface area contributed by atoms with Crippen molar-refractivity contribution in [3.05, 3.63) is 45.3 Å². The minimum absolute atomic E-state index is 0.107. The number of nitrogens with zero attached hydrogens (tertiary/aromatic N) is 2. The molecule has 1 atom stereocenters. The monoisotopic (exact) mass is 382 g/mol. The fourth-order valence-electron chi connectivity index (χ4n) is 2.36. The molecule has 1 aromatic carbocycles. The maximum atomic E-state index is 12.9. The smallest absolute Gasteiger partial charge is 0.318 e. The van der Waals surface area contributed by atoms with Crippen LogP contribution in [0.4, 0.5) is 0 Å². The lowest BCUT2D eigenvalue weighted by atomic mass is 10.3. The lowest BCUT2D eigenvalue weighted by Gasteiger charge is -2.15. The maximum absolute atomic E-state index is 12.9. The number of methoxy groups -OCH3 is 1. The van der Waals surface area contributed by atoms with Gasteiger partial charge in [-0.15, -0.1) is 11.8 Å². The highest BCUT2D eigenvalue weighted by molar-refractivity contribution is 8.00. The summed E-state index contributed by atoms with van der Waals surface area (Å²) in [5.74, 6) is 0.491. The van der Waals surface area contributed by atoms with Crippen molar-refractivity contribution in [2.45, 2.75) is 28.6 Å². The average molecular weight is 383 g/mol. The maximum Gasteiger partial charge on any atom is 0.318 e. The highest BCUT2D eigenvalue weighted by atomic mass is 35.5. The Balaban J connectivity index is 2.12. The predicted molar refractivity (Wildman–Crippen MR) is 96.6 cm³/mol. The quantitative estimate of drug-likeness (QED) is 0.459. The van der Waals surface area contributed by atoms with E-state index in [9.17, 15) is 9.59 Å². The Morgan fingerprint density at radius 3 is 2.79 bits per heavy atom. The highest BCUT2D eigenvalue weighted by Gasteiger charge is 2.25. The van der Waals surface area contributed by atoms with Crippen LogP contribution in [0.2, 0.25) is 5.02 Å². The van der Waals surface area contributed by atoms with Gasteiger partial charge in [0.1, 0.15) is 5.25 Å². The summed E-state index contributed by atoms with van der Waals surface area (Å²) in [5, 5.41) is 0.612. The Labute approximate surface area is 152 Å². The van der Waals surface area contributed by atoms with Crippen molar-refractivity contribution in [1.82, 2.24) is 9.55 Å². The molecule has 2 heterocycles. The number of ether oxygens (including phenoxy) is 1. The first-order valence-corrected chi connectivity index (χ1v) is 9.54. The molecule has 24 heavy (non-hydrogen) atoms. The number of hydrogen-bond acceptors (Lipinski definition) is 6. The number of hydrogen-bond donors (Lipinski definition) is 0. The number of benzene rings is 1. The number of halogens is 1. The zero-order valence-electron chi connectivity index (χ0n) is 13.1. The van der Waals surface area contributed by atoms with Gasteiger partial charge in [-0.3, -0.25) is 14.2 Å². The molecule has 0 N–H and O–H groups in total. The number of rotatable bonds is 4. The van der Waals surface area contributed by atoms with E-state index in [4.69, 9.17) is 16.3 Å². The van der Waals surface area contributed by atoms with Crippen molar-refractivity contribution in [2.24, 2.45) is 0 Å².